The standard InChI is InChI=1S/C12H14N2O2/c1-8-4-6-11(7-5-8)13-14-12(9(2)15)10(3)16/h4-7,12H,1-3H3. The van der Waals surface area contributed by atoms with Gasteiger partial charge in [-0.25, -0.2) is 0 Å². The number of Topliss-reactive ketones (excluding diaryl/α,β-unsaturated/α-hetero) is 2. The summed E-state index contributed by atoms with van der Waals surface area (Å²) >= 11 is 0. The summed E-state index contributed by atoms with van der Waals surface area (Å²) in [7, 11) is 0. The van der Waals surface area contributed by atoms with E-state index in [2.05, 4.69) is 10.2 Å². The lowest BCUT2D eigenvalue weighted by molar-refractivity contribution is -0.126. The monoisotopic (exact) mass is 218 g/mol. The van der Waals surface area contributed by atoms with E-state index in [1.54, 1.807) is 12.1 Å². The lowest BCUT2D eigenvalue weighted by atomic mass is 10.1. The van der Waals surface area contributed by atoms with Gasteiger partial charge in [-0.2, -0.15) is 10.2 Å². The highest BCUT2D eigenvalue weighted by atomic mass is 16.2. The molecule has 0 aliphatic heterocycles. The molecule has 1 aromatic rings. The van der Waals surface area contributed by atoms with Crippen molar-refractivity contribution in [3.05, 3.63) is 29.8 Å². The maximum atomic E-state index is 11.1. The number of ketones is 2. The number of carbonyl (C=O) groups is 2. The molecular formula is C12H14N2O2. The van der Waals surface area contributed by atoms with Gasteiger partial charge in [0.1, 0.15) is 0 Å². The largest absolute Gasteiger partial charge is 0.297 e. The van der Waals surface area contributed by atoms with E-state index < -0.39 is 6.04 Å². The number of aryl methyl sites for hydroxylation is 1. The predicted molar refractivity (Wildman–Crippen MR) is 60.8 cm³/mol. The average molecular weight is 218 g/mol. The molecule has 84 valence electrons. The summed E-state index contributed by atoms with van der Waals surface area (Å²) in [6.45, 7) is 4.63. The summed E-state index contributed by atoms with van der Waals surface area (Å²) in [4.78, 5) is 22.2. The van der Waals surface area contributed by atoms with E-state index in [1.165, 1.54) is 13.8 Å². The molecule has 0 saturated carbocycles. The van der Waals surface area contributed by atoms with Crippen LogP contribution in [0.3, 0.4) is 0 Å². The first-order valence-electron chi connectivity index (χ1n) is 4.99. The van der Waals surface area contributed by atoms with E-state index >= 15 is 0 Å². The molecular weight excluding hydrogens is 204 g/mol. The first kappa shape index (κ1) is 12.2. The van der Waals surface area contributed by atoms with Crippen LogP contribution in [0.15, 0.2) is 34.5 Å². The fourth-order valence-electron chi connectivity index (χ4n) is 1.18. The van der Waals surface area contributed by atoms with Gasteiger partial charge in [0.15, 0.2) is 17.6 Å². The minimum Gasteiger partial charge on any atom is -0.297 e. The number of hydrogen-bond donors (Lipinski definition) is 0. The molecule has 0 heterocycles. The molecule has 0 atom stereocenters. The summed E-state index contributed by atoms with van der Waals surface area (Å²) in [6.07, 6.45) is 0. The minimum absolute atomic E-state index is 0.289. The van der Waals surface area contributed by atoms with Crippen LogP contribution >= 0.6 is 0 Å². The topological polar surface area (TPSA) is 58.9 Å². The van der Waals surface area contributed by atoms with Crippen LogP contribution in [0.4, 0.5) is 5.69 Å². The minimum atomic E-state index is -0.971. The molecule has 0 aliphatic rings. The highest BCUT2D eigenvalue weighted by molar-refractivity contribution is 6.04. The van der Waals surface area contributed by atoms with Crippen molar-refractivity contribution in [3.8, 4) is 0 Å². The van der Waals surface area contributed by atoms with E-state index in [9.17, 15) is 9.59 Å². The molecule has 4 nitrogen and oxygen atoms in total. The van der Waals surface area contributed by atoms with Gasteiger partial charge in [0.2, 0.25) is 0 Å². The maximum absolute atomic E-state index is 11.1. The first-order chi connectivity index (χ1) is 7.50. The molecule has 1 rings (SSSR count). The second kappa shape index (κ2) is 5.30. The Morgan fingerprint density at radius 3 is 2.00 bits per heavy atom. The van der Waals surface area contributed by atoms with Crippen LogP contribution in [0.5, 0.6) is 0 Å². The zero-order valence-corrected chi connectivity index (χ0v) is 9.60. The van der Waals surface area contributed by atoms with Crippen molar-refractivity contribution in [2.24, 2.45) is 10.2 Å². The fraction of sp³-hybridized carbons (Fsp3) is 0.333. The van der Waals surface area contributed by atoms with E-state index in [-0.39, 0.29) is 11.6 Å². The Bertz CT molecular complexity index is 407. The quantitative estimate of drug-likeness (QED) is 0.576. The molecule has 0 aromatic heterocycles. The Morgan fingerprint density at radius 1 is 1.06 bits per heavy atom. The van der Waals surface area contributed by atoms with Gasteiger partial charge >= 0.3 is 0 Å². The van der Waals surface area contributed by atoms with E-state index in [1.807, 2.05) is 19.1 Å². The molecule has 1 aromatic carbocycles. The highest BCUT2D eigenvalue weighted by Crippen LogP contribution is 2.13. The predicted octanol–water partition coefficient (Wildman–Crippen LogP) is 2.63. The lowest BCUT2D eigenvalue weighted by Crippen LogP contribution is -2.23. The van der Waals surface area contributed by atoms with Crippen molar-refractivity contribution in [2.45, 2.75) is 26.8 Å². The van der Waals surface area contributed by atoms with Crippen molar-refractivity contribution >= 4 is 17.3 Å². The molecule has 0 fully saturated rings. The van der Waals surface area contributed by atoms with E-state index in [0.717, 1.165) is 5.56 Å². The summed E-state index contributed by atoms with van der Waals surface area (Å²) in [5.41, 5.74) is 1.76. The Labute approximate surface area is 94.4 Å². The zero-order chi connectivity index (χ0) is 12.1. The molecule has 0 aliphatic carbocycles. The van der Waals surface area contributed by atoms with Gasteiger partial charge in [0.25, 0.3) is 0 Å². The van der Waals surface area contributed by atoms with Crippen LogP contribution in [-0.2, 0) is 9.59 Å². The van der Waals surface area contributed by atoms with Crippen molar-refractivity contribution in [1.29, 1.82) is 0 Å². The third-order valence-corrected chi connectivity index (χ3v) is 2.09. The highest BCUT2D eigenvalue weighted by Gasteiger charge is 2.18. The summed E-state index contributed by atoms with van der Waals surface area (Å²) < 4.78 is 0. The van der Waals surface area contributed by atoms with Gasteiger partial charge in [-0.3, -0.25) is 9.59 Å². The summed E-state index contributed by atoms with van der Waals surface area (Å²) in [5, 5.41) is 7.62. The van der Waals surface area contributed by atoms with Crippen LogP contribution in [0.1, 0.15) is 19.4 Å². The van der Waals surface area contributed by atoms with Gasteiger partial charge < -0.3 is 0 Å². The molecule has 16 heavy (non-hydrogen) atoms. The Morgan fingerprint density at radius 2 is 1.56 bits per heavy atom. The van der Waals surface area contributed by atoms with Gasteiger partial charge in [0.05, 0.1) is 5.69 Å². The Kier molecular flexibility index (Phi) is 4.05. The van der Waals surface area contributed by atoms with Gasteiger partial charge in [-0.15, -0.1) is 0 Å². The summed E-state index contributed by atoms with van der Waals surface area (Å²) in [6, 6.07) is 6.39. The van der Waals surface area contributed by atoms with Crippen molar-refractivity contribution in [1.82, 2.24) is 0 Å². The van der Waals surface area contributed by atoms with Crippen LogP contribution in [-0.4, -0.2) is 17.6 Å². The molecule has 0 unspecified atom stereocenters. The second-order valence-corrected chi connectivity index (χ2v) is 3.67. The number of nitrogens with zero attached hydrogens (tertiary/aromatic N) is 2. The fourth-order valence-corrected chi connectivity index (χ4v) is 1.18. The average Bonchev–Trinajstić information content (AvgIpc) is 2.20. The van der Waals surface area contributed by atoms with Crippen molar-refractivity contribution in [3.63, 3.8) is 0 Å². The SMILES string of the molecule is CC(=O)C(N=Nc1ccc(C)cc1)C(C)=O. The number of hydrogen-bond acceptors (Lipinski definition) is 4. The van der Waals surface area contributed by atoms with Gasteiger partial charge in [-0.05, 0) is 32.9 Å². The van der Waals surface area contributed by atoms with E-state index in [0.29, 0.717) is 5.69 Å². The van der Waals surface area contributed by atoms with Crippen molar-refractivity contribution in [2.75, 3.05) is 0 Å². The molecule has 4 heteroatoms. The maximum Gasteiger partial charge on any atom is 0.187 e. The van der Waals surface area contributed by atoms with Crippen molar-refractivity contribution < 1.29 is 9.59 Å². The molecule has 0 spiro atoms. The number of rotatable bonds is 4. The van der Waals surface area contributed by atoms with Crippen LogP contribution in [0.25, 0.3) is 0 Å². The molecule has 0 radical (unpaired) electrons. The third kappa shape index (κ3) is 3.38. The Balaban J connectivity index is 2.82. The third-order valence-electron chi connectivity index (χ3n) is 2.09. The lowest BCUT2D eigenvalue weighted by Gasteiger charge is -2.01. The van der Waals surface area contributed by atoms with Crippen LogP contribution in [0.2, 0.25) is 0 Å². The Hall–Kier alpha value is -1.84. The van der Waals surface area contributed by atoms with Gasteiger partial charge in [-0.1, -0.05) is 17.7 Å². The van der Waals surface area contributed by atoms with Crippen LogP contribution in [0, 0.1) is 6.92 Å². The molecule has 0 amide bonds. The molecule has 0 N–H and O–H groups in total. The second-order valence-electron chi connectivity index (χ2n) is 3.67. The smallest absolute Gasteiger partial charge is 0.187 e. The number of benzene rings is 1. The molecule has 0 saturated heterocycles. The normalized spacial score (nSPS) is 11.0. The van der Waals surface area contributed by atoms with E-state index in [4.69, 9.17) is 0 Å². The zero-order valence-electron chi connectivity index (χ0n) is 9.60. The number of azo groups is 1. The van der Waals surface area contributed by atoms with Crippen LogP contribution < -0.4 is 0 Å². The number of carbonyl (C=O) groups excluding carboxylic acids is 2. The first-order valence-corrected chi connectivity index (χ1v) is 4.99. The van der Waals surface area contributed by atoms with Gasteiger partial charge in [0, 0.05) is 0 Å². The molecule has 0 bridgehead atoms. The summed E-state index contributed by atoms with van der Waals surface area (Å²) in [5.74, 6) is -0.577.